The Hall–Kier alpha value is -1.26. The van der Waals surface area contributed by atoms with Gasteiger partial charge in [0.25, 0.3) is 5.91 Å². The Bertz CT molecular complexity index is 563. The number of nitrogens with two attached hydrogens (primary N) is 1. The van der Waals surface area contributed by atoms with Crippen LogP contribution in [-0.2, 0) is 4.79 Å². The van der Waals surface area contributed by atoms with Crippen LogP contribution in [0.15, 0.2) is 12.1 Å². The molecule has 0 aliphatic carbocycles. The number of carbonyl (C=O) groups excluding carboxylic acids is 1. The molecule has 4 nitrogen and oxygen atoms in total. The van der Waals surface area contributed by atoms with E-state index >= 15 is 0 Å². The normalized spacial score (nSPS) is 19.4. The van der Waals surface area contributed by atoms with Crippen LogP contribution in [0.2, 0.25) is 5.02 Å². The third-order valence-corrected chi connectivity index (χ3v) is 4.95. The highest BCUT2D eigenvalue weighted by molar-refractivity contribution is 6.32. The zero-order chi connectivity index (χ0) is 17.2. The highest BCUT2D eigenvalue weighted by atomic mass is 35.5. The number of halogens is 1. The van der Waals surface area contributed by atoms with Crippen LogP contribution in [0.4, 0.5) is 0 Å². The van der Waals surface area contributed by atoms with Crippen molar-refractivity contribution in [3.63, 3.8) is 0 Å². The van der Waals surface area contributed by atoms with Gasteiger partial charge in [-0.25, -0.2) is 0 Å². The van der Waals surface area contributed by atoms with Crippen LogP contribution in [0, 0.1) is 13.8 Å². The molecule has 0 spiro atoms. The molecule has 1 aliphatic rings. The quantitative estimate of drug-likeness (QED) is 0.918. The summed E-state index contributed by atoms with van der Waals surface area (Å²) in [6.45, 7) is 8.96. The van der Waals surface area contributed by atoms with Gasteiger partial charge >= 0.3 is 0 Å². The Morgan fingerprint density at radius 1 is 1.26 bits per heavy atom. The zero-order valence-electron chi connectivity index (χ0n) is 14.5. The minimum Gasteiger partial charge on any atom is -0.478 e. The first-order valence-corrected chi connectivity index (χ1v) is 8.59. The number of carbonyl (C=O) groups is 1. The Kier molecular flexibility index (Phi) is 5.58. The zero-order valence-corrected chi connectivity index (χ0v) is 15.2. The molecule has 0 radical (unpaired) electrons. The molecule has 5 heteroatoms. The predicted molar refractivity (Wildman–Crippen MR) is 94.0 cm³/mol. The van der Waals surface area contributed by atoms with Crippen LogP contribution in [-0.4, -0.2) is 35.5 Å². The largest absolute Gasteiger partial charge is 0.478 e. The first kappa shape index (κ1) is 18.1. The maximum Gasteiger partial charge on any atom is 0.266 e. The molecule has 0 aromatic heterocycles. The van der Waals surface area contributed by atoms with E-state index in [2.05, 4.69) is 0 Å². The molecule has 1 amide bonds. The molecule has 1 heterocycles. The molecule has 128 valence electrons. The van der Waals surface area contributed by atoms with Crippen LogP contribution in [0.25, 0.3) is 0 Å². The molecule has 0 bridgehead atoms. The van der Waals surface area contributed by atoms with Crippen molar-refractivity contribution in [2.45, 2.75) is 58.6 Å². The molecule has 2 rings (SSSR count). The summed E-state index contributed by atoms with van der Waals surface area (Å²) in [5, 5.41) is 0.739. The topological polar surface area (TPSA) is 55.6 Å². The molecule has 1 aromatic carbocycles. The lowest BCUT2D eigenvalue weighted by atomic mass is 10.1. The Morgan fingerprint density at radius 3 is 2.48 bits per heavy atom. The molecule has 1 atom stereocenters. The van der Waals surface area contributed by atoms with Gasteiger partial charge in [-0.2, -0.15) is 0 Å². The van der Waals surface area contributed by atoms with Gasteiger partial charge in [-0.1, -0.05) is 11.6 Å². The second kappa shape index (κ2) is 7.10. The molecule has 1 saturated heterocycles. The summed E-state index contributed by atoms with van der Waals surface area (Å²) >= 11 is 6.19. The second-order valence-corrected chi connectivity index (χ2v) is 7.34. The van der Waals surface area contributed by atoms with E-state index in [9.17, 15) is 4.79 Å². The average molecular weight is 339 g/mol. The maximum atomic E-state index is 12.9. The molecule has 1 aliphatic heterocycles. The fourth-order valence-corrected chi connectivity index (χ4v) is 3.12. The van der Waals surface area contributed by atoms with E-state index < -0.39 is 5.60 Å². The number of nitrogens with zero attached hydrogens (tertiary/aromatic N) is 1. The third kappa shape index (κ3) is 4.39. The van der Waals surface area contributed by atoms with E-state index in [0.29, 0.717) is 12.3 Å². The van der Waals surface area contributed by atoms with Crippen molar-refractivity contribution in [1.29, 1.82) is 0 Å². The molecule has 23 heavy (non-hydrogen) atoms. The monoisotopic (exact) mass is 338 g/mol. The molecule has 2 N–H and O–H groups in total. The number of likely N-dealkylation sites (tertiary alicyclic amines) is 1. The summed E-state index contributed by atoms with van der Waals surface area (Å²) in [5.74, 6) is 0.686. The Labute approximate surface area is 143 Å². The average Bonchev–Trinajstić information content (AvgIpc) is 2.68. The molecule has 1 unspecified atom stereocenters. The van der Waals surface area contributed by atoms with Crippen LogP contribution >= 0.6 is 11.6 Å². The van der Waals surface area contributed by atoms with Crippen LogP contribution in [0.3, 0.4) is 0 Å². The highest BCUT2D eigenvalue weighted by Gasteiger charge is 2.35. The van der Waals surface area contributed by atoms with E-state index in [1.807, 2.05) is 44.7 Å². The smallest absolute Gasteiger partial charge is 0.266 e. The number of ether oxygens (including phenoxy) is 1. The van der Waals surface area contributed by atoms with Gasteiger partial charge in [0.15, 0.2) is 5.60 Å². The number of rotatable bonds is 3. The van der Waals surface area contributed by atoms with Crippen LogP contribution in [0.5, 0.6) is 5.75 Å². The van der Waals surface area contributed by atoms with Gasteiger partial charge in [0.1, 0.15) is 5.75 Å². The second-order valence-electron chi connectivity index (χ2n) is 6.97. The SMILES string of the molecule is Cc1cc(OC(C)(C)C(=O)N2CCCC(N)CC2)cc(C)c1Cl. The van der Waals surface area contributed by atoms with Gasteiger partial charge in [-0.15, -0.1) is 0 Å². The lowest BCUT2D eigenvalue weighted by Gasteiger charge is -2.32. The summed E-state index contributed by atoms with van der Waals surface area (Å²) < 4.78 is 6.02. The third-order valence-electron chi connectivity index (χ3n) is 4.36. The number of amides is 1. The lowest BCUT2D eigenvalue weighted by molar-refractivity contribution is -0.145. The maximum absolute atomic E-state index is 12.9. The van der Waals surface area contributed by atoms with Crippen LogP contribution < -0.4 is 10.5 Å². The molecule has 1 fully saturated rings. The summed E-state index contributed by atoms with van der Waals surface area (Å²) in [7, 11) is 0. The number of aryl methyl sites for hydroxylation is 2. The fourth-order valence-electron chi connectivity index (χ4n) is 3.01. The van der Waals surface area contributed by atoms with E-state index in [0.717, 1.165) is 42.0 Å². The van der Waals surface area contributed by atoms with Gasteiger partial charge < -0.3 is 15.4 Å². The standard InChI is InChI=1S/C18H27ClN2O2/c1-12-10-15(11-13(2)16(12)19)23-18(3,4)17(22)21-8-5-6-14(20)7-9-21/h10-11,14H,5-9,20H2,1-4H3. The first-order valence-electron chi connectivity index (χ1n) is 8.21. The Balaban J connectivity index is 2.12. The van der Waals surface area contributed by atoms with E-state index in [1.165, 1.54) is 0 Å². The van der Waals surface area contributed by atoms with Crippen molar-refractivity contribution in [1.82, 2.24) is 4.90 Å². The van der Waals surface area contributed by atoms with Crippen molar-refractivity contribution < 1.29 is 9.53 Å². The van der Waals surface area contributed by atoms with Crippen LogP contribution in [0.1, 0.15) is 44.2 Å². The van der Waals surface area contributed by atoms with Gasteiger partial charge in [-0.3, -0.25) is 4.79 Å². The van der Waals surface area contributed by atoms with Gasteiger partial charge in [-0.05, 0) is 70.2 Å². The van der Waals surface area contributed by atoms with E-state index in [-0.39, 0.29) is 11.9 Å². The predicted octanol–water partition coefficient (Wildman–Crippen LogP) is 3.45. The summed E-state index contributed by atoms with van der Waals surface area (Å²) in [4.78, 5) is 14.7. The van der Waals surface area contributed by atoms with Gasteiger partial charge in [0.2, 0.25) is 0 Å². The van der Waals surface area contributed by atoms with Crippen molar-refractivity contribution in [3.8, 4) is 5.75 Å². The molecule has 0 saturated carbocycles. The van der Waals surface area contributed by atoms with E-state index in [1.54, 1.807) is 0 Å². The molecular weight excluding hydrogens is 312 g/mol. The number of hydrogen-bond donors (Lipinski definition) is 1. The first-order chi connectivity index (χ1) is 10.7. The van der Waals surface area contributed by atoms with E-state index in [4.69, 9.17) is 22.1 Å². The molecule has 1 aromatic rings. The minimum absolute atomic E-state index is 0.0110. The highest BCUT2D eigenvalue weighted by Crippen LogP contribution is 2.29. The lowest BCUT2D eigenvalue weighted by Crippen LogP contribution is -2.49. The summed E-state index contributed by atoms with van der Waals surface area (Å²) in [5.41, 5.74) is 6.98. The molecular formula is C18H27ClN2O2. The fraction of sp³-hybridized carbons (Fsp3) is 0.611. The van der Waals surface area contributed by atoms with Gasteiger partial charge in [0.05, 0.1) is 0 Å². The van der Waals surface area contributed by atoms with Crippen molar-refractivity contribution in [2.75, 3.05) is 13.1 Å². The minimum atomic E-state index is -0.916. The van der Waals surface area contributed by atoms with Gasteiger partial charge in [0, 0.05) is 24.2 Å². The van der Waals surface area contributed by atoms with Crippen molar-refractivity contribution >= 4 is 17.5 Å². The van der Waals surface area contributed by atoms with Crippen molar-refractivity contribution in [3.05, 3.63) is 28.3 Å². The Morgan fingerprint density at radius 2 is 1.87 bits per heavy atom. The van der Waals surface area contributed by atoms with Crippen molar-refractivity contribution in [2.24, 2.45) is 5.73 Å². The summed E-state index contributed by atoms with van der Waals surface area (Å²) in [6, 6.07) is 3.95. The number of hydrogen-bond acceptors (Lipinski definition) is 3. The summed E-state index contributed by atoms with van der Waals surface area (Å²) in [6.07, 6.45) is 2.77. The number of benzene rings is 1.